The van der Waals surface area contributed by atoms with Crippen LogP contribution < -0.4 is 4.90 Å². The van der Waals surface area contributed by atoms with Gasteiger partial charge in [-0.3, -0.25) is 4.79 Å². The van der Waals surface area contributed by atoms with Crippen molar-refractivity contribution < 1.29 is 9.18 Å². The van der Waals surface area contributed by atoms with Crippen LogP contribution in [0, 0.1) is 5.82 Å². The Hall–Kier alpha value is -1.20. The van der Waals surface area contributed by atoms with Gasteiger partial charge in [-0.05, 0) is 43.3 Å². The molecule has 0 saturated carbocycles. The van der Waals surface area contributed by atoms with Crippen molar-refractivity contribution in [3.8, 4) is 0 Å². The second-order valence-electron chi connectivity index (χ2n) is 4.19. The minimum atomic E-state index is -0.357. The number of carbonyl (C=O) groups is 1. The largest absolute Gasteiger partial charge is 0.309 e. The summed E-state index contributed by atoms with van der Waals surface area (Å²) in [5, 5.41) is 0. The number of anilines is 1. The van der Waals surface area contributed by atoms with E-state index >= 15 is 0 Å². The van der Waals surface area contributed by atoms with E-state index in [1.165, 1.54) is 17.0 Å². The van der Waals surface area contributed by atoms with Crippen molar-refractivity contribution in [2.45, 2.75) is 6.92 Å². The Morgan fingerprint density at radius 2 is 1.80 bits per heavy atom. The van der Waals surface area contributed by atoms with Gasteiger partial charge in [-0.1, -0.05) is 37.9 Å². The first-order valence-electron chi connectivity index (χ1n) is 6.05. The predicted octanol–water partition coefficient (Wildman–Crippen LogP) is 5.02. The summed E-state index contributed by atoms with van der Waals surface area (Å²) in [7, 11) is 0. The van der Waals surface area contributed by atoms with E-state index in [9.17, 15) is 9.18 Å². The van der Waals surface area contributed by atoms with Gasteiger partial charge >= 0.3 is 0 Å². The molecule has 2 nitrogen and oxygen atoms in total. The molecule has 0 bridgehead atoms. The molecule has 104 valence electrons. The van der Waals surface area contributed by atoms with Crippen molar-refractivity contribution in [3.63, 3.8) is 0 Å². The zero-order chi connectivity index (χ0) is 14.7. The molecule has 0 aliphatic rings. The van der Waals surface area contributed by atoms with Crippen LogP contribution in [0.4, 0.5) is 10.1 Å². The van der Waals surface area contributed by atoms with Gasteiger partial charge in [0.05, 0.1) is 0 Å². The summed E-state index contributed by atoms with van der Waals surface area (Å²) in [5.74, 6) is -0.524. The molecule has 0 aliphatic heterocycles. The fourth-order valence-electron chi connectivity index (χ4n) is 1.92. The van der Waals surface area contributed by atoms with E-state index in [0.717, 1.165) is 8.95 Å². The molecule has 0 radical (unpaired) electrons. The number of rotatable bonds is 3. The summed E-state index contributed by atoms with van der Waals surface area (Å²) in [6.07, 6.45) is 0. The standard InChI is InChI=1S/C15H12Br2FNO/c1-2-19(14-5-3-4-13(18)9-14)15(20)10-6-11(16)8-12(17)7-10/h3-9H,2H2,1H3. The molecule has 0 unspecified atom stereocenters. The number of carbonyl (C=O) groups excluding carboxylic acids is 1. The topological polar surface area (TPSA) is 20.3 Å². The Balaban J connectivity index is 2.38. The van der Waals surface area contributed by atoms with Gasteiger partial charge < -0.3 is 4.90 Å². The molecule has 2 aromatic carbocycles. The van der Waals surface area contributed by atoms with Crippen LogP contribution in [0.25, 0.3) is 0 Å². The molecule has 20 heavy (non-hydrogen) atoms. The summed E-state index contributed by atoms with van der Waals surface area (Å²) >= 11 is 6.72. The van der Waals surface area contributed by atoms with Crippen LogP contribution in [0.2, 0.25) is 0 Å². The lowest BCUT2D eigenvalue weighted by atomic mass is 10.2. The minimum absolute atomic E-state index is 0.167. The lowest BCUT2D eigenvalue weighted by Crippen LogP contribution is -2.30. The quantitative estimate of drug-likeness (QED) is 0.708. The van der Waals surface area contributed by atoms with Crippen LogP contribution in [0.15, 0.2) is 51.4 Å². The highest BCUT2D eigenvalue weighted by molar-refractivity contribution is 9.11. The first kappa shape index (κ1) is 15.2. The SMILES string of the molecule is CCN(C(=O)c1cc(Br)cc(Br)c1)c1cccc(F)c1. The average molecular weight is 401 g/mol. The first-order valence-corrected chi connectivity index (χ1v) is 7.63. The van der Waals surface area contributed by atoms with Gasteiger partial charge in [-0.15, -0.1) is 0 Å². The Labute approximate surface area is 133 Å². The molecule has 0 saturated heterocycles. The van der Waals surface area contributed by atoms with Crippen LogP contribution in [0.3, 0.4) is 0 Å². The van der Waals surface area contributed by atoms with Gasteiger partial charge in [0.1, 0.15) is 5.82 Å². The Morgan fingerprint density at radius 3 is 2.35 bits per heavy atom. The van der Waals surface area contributed by atoms with Crippen LogP contribution >= 0.6 is 31.9 Å². The van der Waals surface area contributed by atoms with Crippen molar-refractivity contribution >= 4 is 43.5 Å². The van der Waals surface area contributed by atoms with E-state index in [1.54, 1.807) is 24.3 Å². The van der Waals surface area contributed by atoms with Crippen molar-refractivity contribution in [1.82, 2.24) is 0 Å². The molecule has 0 aliphatic carbocycles. The molecule has 0 N–H and O–H groups in total. The third-order valence-corrected chi connectivity index (χ3v) is 3.71. The predicted molar refractivity (Wildman–Crippen MR) is 85.6 cm³/mol. The molecule has 5 heteroatoms. The molecule has 1 amide bonds. The van der Waals surface area contributed by atoms with Gasteiger partial charge in [-0.25, -0.2) is 4.39 Å². The highest BCUT2D eigenvalue weighted by Gasteiger charge is 2.17. The number of hydrogen-bond donors (Lipinski definition) is 0. The van der Waals surface area contributed by atoms with E-state index in [2.05, 4.69) is 31.9 Å². The maximum absolute atomic E-state index is 13.3. The van der Waals surface area contributed by atoms with E-state index in [-0.39, 0.29) is 11.7 Å². The number of hydrogen-bond acceptors (Lipinski definition) is 1. The van der Waals surface area contributed by atoms with Gasteiger partial charge in [0.25, 0.3) is 5.91 Å². The third-order valence-electron chi connectivity index (χ3n) is 2.79. The summed E-state index contributed by atoms with van der Waals surface area (Å²) < 4.78 is 14.9. The van der Waals surface area contributed by atoms with Crippen molar-refractivity contribution in [1.29, 1.82) is 0 Å². The van der Waals surface area contributed by atoms with E-state index < -0.39 is 0 Å². The van der Waals surface area contributed by atoms with Gasteiger partial charge in [0.15, 0.2) is 0 Å². The Bertz CT molecular complexity index is 625. The lowest BCUT2D eigenvalue weighted by molar-refractivity contribution is 0.0988. The maximum atomic E-state index is 13.3. The summed E-state index contributed by atoms with van der Waals surface area (Å²) in [5.41, 5.74) is 1.09. The van der Waals surface area contributed by atoms with E-state index in [1.807, 2.05) is 13.0 Å². The Kier molecular flexibility index (Phi) is 4.94. The fourth-order valence-corrected chi connectivity index (χ4v) is 3.21. The number of benzene rings is 2. The minimum Gasteiger partial charge on any atom is -0.309 e. The first-order chi connectivity index (χ1) is 9.51. The molecule has 0 heterocycles. The fraction of sp³-hybridized carbons (Fsp3) is 0.133. The second kappa shape index (κ2) is 6.50. The molecular weight excluding hydrogens is 389 g/mol. The number of halogens is 3. The number of nitrogens with zero attached hydrogens (tertiary/aromatic N) is 1. The molecule has 0 spiro atoms. The molecule has 2 aromatic rings. The van der Waals surface area contributed by atoms with Crippen molar-refractivity contribution in [2.24, 2.45) is 0 Å². The van der Waals surface area contributed by atoms with Gasteiger partial charge in [0, 0.05) is 26.7 Å². The molecular formula is C15H12Br2FNO. The van der Waals surface area contributed by atoms with Crippen molar-refractivity contribution in [2.75, 3.05) is 11.4 Å². The zero-order valence-corrected chi connectivity index (χ0v) is 13.9. The van der Waals surface area contributed by atoms with Gasteiger partial charge in [0.2, 0.25) is 0 Å². The molecule has 0 aromatic heterocycles. The van der Waals surface area contributed by atoms with Crippen LogP contribution in [-0.4, -0.2) is 12.5 Å². The molecule has 0 atom stereocenters. The van der Waals surface area contributed by atoms with Crippen LogP contribution in [0.1, 0.15) is 17.3 Å². The van der Waals surface area contributed by atoms with Gasteiger partial charge in [-0.2, -0.15) is 0 Å². The number of amides is 1. The average Bonchev–Trinajstić information content (AvgIpc) is 2.38. The molecule has 2 rings (SSSR count). The highest BCUT2D eigenvalue weighted by atomic mass is 79.9. The Morgan fingerprint density at radius 1 is 1.15 bits per heavy atom. The van der Waals surface area contributed by atoms with Crippen LogP contribution in [-0.2, 0) is 0 Å². The normalized spacial score (nSPS) is 10.4. The second-order valence-corrected chi connectivity index (χ2v) is 6.02. The third kappa shape index (κ3) is 3.46. The summed E-state index contributed by atoms with van der Waals surface area (Å²) in [4.78, 5) is 14.1. The van der Waals surface area contributed by atoms with E-state index in [0.29, 0.717) is 17.8 Å². The van der Waals surface area contributed by atoms with E-state index in [4.69, 9.17) is 0 Å². The lowest BCUT2D eigenvalue weighted by Gasteiger charge is -2.21. The monoisotopic (exact) mass is 399 g/mol. The zero-order valence-electron chi connectivity index (χ0n) is 10.7. The molecule has 0 fully saturated rings. The smallest absolute Gasteiger partial charge is 0.258 e. The van der Waals surface area contributed by atoms with Crippen molar-refractivity contribution in [3.05, 3.63) is 62.8 Å². The van der Waals surface area contributed by atoms with Crippen LogP contribution in [0.5, 0.6) is 0 Å². The summed E-state index contributed by atoms with van der Waals surface area (Å²) in [6, 6.07) is 11.4. The maximum Gasteiger partial charge on any atom is 0.258 e. The highest BCUT2D eigenvalue weighted by Crippen LogP contribution is 2.23. The summed E-state index contributed by atoms with van der Waals surface area (Å²) in [6.45, 7) is 2.32.